The van der Waals surface area contributed by atoms with Gasteiger partial charge in [0.2, 0.25) is 5.95 Å². The van der Waals surface area contributed by atoms with E-state index >= 15 is 0 Å². The molecule has 0 spiro atoms. The van der Waals surface area contributed by atoms with Crippen LogP contribution in [0.1, 0.15) is 21.6 Å². The van der Waals surface area contributed by atoms with Gasteiger partial charge in [-0.05, 0) is 13.0 Å². The zero-order valence-corrected chi connectivity index (χ0v) is 11.8. The van der Waals surface area contributed by atoms with Crippen LogP contribution in [0.15, 0.2) is 29.4 Å². The number of nitrogens with one attached hydrogen (secondary N) is 1. The molecule has 1 N–H and O–H groups in total. The molecule has 1 aromatic carbocycles. The Morgan fingerprint density at radius 2 is 2.27 bits per heavy atom. The second kappa shape index (κ2) is 6.12. The first-order valence-electron chi connectivity index (χ1n) is 6.17. The molecule has 0 atom stereocenters. The second-order valence-electron chi connectivity index (χ2n) is 4.42. The molecule has 9 heteroatoms. The summed E-state index contributed by atoms with van der Waals surface area (Å²) in [6, 6.07) is 5.20. The monoisotopic (exact) mass is 305 g/mol. The molecular weight excluding hydrogens is 293 g/mol. The van der Waals surface area contributed by atoms with Crippen molar-refractivity contribution in [3.63, 3.8) is 0 Å². The van der Waals surface area contributed by atoms with Crippen LogP contribution in [-0.2, 0) is 7.05 Å². The largest absolute Gasteiger partial charge is 0.271 e. The predicted molar refractivity (Wildman–Crippen MR) is 76.1 cm³/mol. The third kappa shape index (κ3) is 3.14. The highest BCUT2D eigenvalue weighted by molar-refractivity contribution is 5.95. The lowest BCUT2D eigenvalue weighted by molar-refractivity contribution is -0.384. The Morgan fingerprint density at radius 3 is 2.86 bits per heavy atom. The minimum atomic E-state index is -0.637. The SMILES string of the molecule is Cc1nn(C)c(F)c1C=NNC(=O)c1cccc([N+](=O)[O-])c1. The van der Waals surface area contributed by atoms with Gasteiger partial charge in [0, 0.05) is 24.7 Å². The molecule has 0 saturated heterocycles. The predicted octanol–water partition coefficient (Wildman–Crippen LogP) is 1.54. The van der Waals surface area contributed by atoms with Gasteiger partial charge in [0.15, 0.2) is 0 Å². The molecule has 0 aliphatic rings. The van der Waals surface area contributed by atoms with Crippen LogP contribution in [0.25, 0.3) is 0 Å². The first-order valence-corrected chi connectivity index (χ1v) is 6.17. The van der Waals surface area contributed by atoms with E-state index in [2.05, 4.69) is 15.6 Å². The van der Waals surface area contributed by atoms with Crippen LogP contribution in [0.5, 0.6) is 0 Å². The summed E-state index contributed by atoms with van der Waals surface area (Å²) in [6.07, 6.45) is 1.13. The lowest BCUT2D eigenvalue weighted by atomic mass is 10.2. The minimum absolute atomic E-state index is 0.0785. The molecule has 1 heterocycles. The summed E-state index contributed by atoms with van der Waals surface area (Å²) in [5.74, 6) is -1.22. The topological polar surface area (TPSA) is 102 Å². The summed E-state index contributed by atoms with van der Waals surface area (Å²) >= 11 is 0. The van der Waals surface area contributed by atoms with Crippen molar-refractivity contribution in [2.45, 2.75) is 6.92 Å². The Morgan fingerprint density at radius 1 is 1.55 bits per heavy atom. The van der Waals surface area contributed by atoms with E-state index in [4.69, 9.17) is 0 Å². The number of nitrogens with zero attached hydrogens (tertiary/aromatic N) is 4. The summed E-state index contributed by atoms with van der Waals surface area (Å²) < 4.78 is 14.7. The normalized spacial score (nSPS) is 10.9. The maximum atomic E-state index is 13.6. The molecule has 0 radical (unpaired) electrons. The second-order valence-corrected chi connectivity index (χ2v) is 4.42. The van der Waals surface area contributed by atoms with Crippen molar-refractivity contribution in [1.82, 2.24) is 15.2 Å². The Labute approximate surface area is 124 Å². The highest BCUT2D eigenvalue weighted by Gasteiger charge is 2.12. The van der Waals surface area contributed by atoms with Gasteiger partial charge < -0.3 is 0 Å². The number of rotatable bonds is 4. The number of carbonyl (C=O) groups excluding carboxylic acids is 1. The number of halogens is 1. The van der Waals surface area contributed by atoms with Gasteiger partial charge in [0.05, 0.1) is 22.4 Å². The maximum Gasteiger partial charge on any atom is 0.271 e. The summed E-state index contributed by atoms with van der Waals surface area (Å²) in [5.41, 5.74) is 2.64. The van der Waals surface area contributed by atoms with Crippen molar-refractivity contribution >= 4 is 17.8 Å². The fraction of sp³-hybridized carbons (Fsp3) is 0.154. The van der Waals surface area contributed by atoms with Crippen LogP contribution in [0, 0.1) is 23.0 Å². The van der Waals surface area contributed by atoms with Gasteiger partial charge in [-0.15, -0.1) is 0 Å². The number of nitro groups is 1. The smallest absolute Gasteiger partial charge is 0.267 e. The molecule has 1 aromatic heterocycles. The molecule has 0 aliphatic carbocycles. The Bertz CT molecular complexity index is 769. The van der Waals surface area contributed by atoms with E-state index < -0.39 is 16.8 Å². The third-order valence-corrected chi connectivity index (χ3v) is 2.88. The first-order chi connectivity index (χ1) is 10.4. The number of carbonyl (C=O) groups is 1. The lowest BCUT2D eigenvalue weighted by Crippen LogP contribution is -2.17. The molecule has 0 fully saturated rings. The summed E-state index contributed by atoms with van der Waals surface area (Å²) in [7, 11) is 1.45. The molecule has 8 nitrogen and oxygen atoms in total. The van der Waals surface area contributed by atoms with Gasteiger partial charge >= 0.3 is 0 Å². The number of aryl methyl sites for hydroxylation is 2. The zero-order valence-electron chi connectivity index (χ0n) is 11.8. The Hall–Kier alpha value is -3.10. The highest BCUT2D eigenvalue weighted by Crippen LogP contribution is 2.13. The molecule has 1 amide bonds. The molecule has 0 bridgehead atoms. The number of amides is 1. The van der Waals surface area contributed by atoms with Crippen molar-refractivity contribution in [1.29, 1.82) is 0 Å². The van der Waals surface area contributed by atoms with Crippen molar-refractivity contribution in [3.8, 4) is 0 Å². The van der Waals surface area contributed by atoms with E-state index in [1.807, 2.05) is 0 Å². The molecular formula is C13H12FN5O3. The van der Waals surface area contributed by atoms with Crippen molar-refractivity contribution in [2.24, 2.45) is 12.1 Å². The van der Waals surface area contributed by atoms with Crippen LogP contribution in [0.3, 0.4) is 0 Å². The molecule has 0 unspecified atom stereocenters. The summed E-state index contributed by atoms with van der Waals surface area (Å²) in [6.45, 7) is 1.60. The van der Waals surface area contributed by atoms with Crippen molar-refractivity contribution < 1.29 is 14.1 Å². The van der Waals surface area contributed by atoms with E-state index in [0.29, 0.717) is 5.69 Å². The van der Waals surface area contributed by atoms with Gasteiger partial charge in [-0.2, -0.15) is 14.6 Å². The molecule has 2 aromatic rings. The number of hydrogen-bond acceptors (Lipinski definition) is 5. The van der Waals surface area contributed by atoms with Crippen molar-refractivity contribution in [2.75, 3.05) is 0 Å². The molecule has 22 heavy (non-hydrogen) atoms. The number of benzene rings is 1. The van der Waals surface area contributed by atoms with E-state index in [1.165, 1.54) is 25.2 Å². The van der Waals surface area contributed by atoms with E-state index in [-0.39, 0.29) is 16.8 Å². The lowest BCUT2D eigenvalue weighted by Gasteiger charge is -1.99. The molecule has 2 rings (SSSR count). The number of hydrazone groups is 1. The average molecular weight is 305 g/mol. The van der Waals surface area contributed by atoms with E-state index in [0.717, 1.165) is 17.0 Å². The Balaban J connectivity index is 2.11. The van der Waals surface area contributed by atoms with Crippen LogP contribution >= 0.6 is 0 Å². The van der Waals surface area contributed by atoms with Crippen LogP contribution in [-0.4, -0.2) is 26.8 Å². The minimum Gasteiger partial charge on any atom is -0.267 e. The number of hydrogen-bond donors (Lipinski definition) is 1. The summed E-state index contributed by atoms with van der Waals surface area (Å²) in [4.78, 5) is 21.9. The van der Waals surface area contributed by atoms with Gasteiger partial charge in [-0.25, -0.2) is 10.1 Å². The first kappa shape index (κ1) is 15.3. The fourth-order valence-electron chi connectivity index (χ4n) is 1.77. The van der Waals surface area contributed by atoms with E-state index in [9.17, 15) is 19.3 Å². The van der Waals surface area contributed by atoms with Gasteiger partial charge in [0.25, 0.3) is 11.6 Å². The Kier molecular flexibility index (Phi) is 4.25. The quantitative estimate of drug-likeness (QED) is 0.525. The number of aromatic nitrogens is 2. The standard InChI is InChI=1S/C13H12FN5O3/c1-8-11(12(14)18(2)17-8)7-15-16-13(20)9-4-3-5-10(6-9)19(21)22/h3-7H,1-2H3,(H,16,20). The van der Waals surface area contributed by atoms with Crippen LogP contribution < -0.4 is 5.43 Å². The van der Waals surface area contributed by atoms with Crippen molar-refractivity contribution in [3.05, 3.63) is 57.1 Å². The van der Waals surface area contributed by atoms with Crippen LogP contribution in [0.4, 0.5) is 10.1 Å². The van der Waals surface area contributed by atoms with Gasteiger partial charge in [-0.1, -0.05) is 6.07 Å². The van der Waals surface area contributed by atoms with Crippen LogP contribution in [0.2, 0.25) is 0 Å². The summed E-state index contributed by atoms with van der Waals surface area (Å²) in [5, 5.41) is 18.1. The van der Waals surface area contributed by atoms with Gasteiger partial charge in [0.1, 0.15) is 0 Å². The number of nitro benzene ring substituents is 1. The maximum absolute atomic E-state index is 13.6. The number of non-ortho nitro benzene ring substituents is 1. The van der Waals surface area contributed by atoms with Gasteiger partial charge in [-0.3, -0.25) is 14.9 Å². The highest BCUT2D eigenvalue weighted by atomic mass is 19.1. The fourth-order valence-corrected chi connectivity index (χ4v) is 1.77. The molecule has 0 aliphatic heterocycles. The average Bonchev–Trinajstić information content (AvgIpc) is 2.73. The zero-order chi connectivity index (χ0) is 16.3. The third-order valence-electron chi connectivity index (χ3n) is 2.88. The van der Waals surface area contributed by atoms with E-state index in [1.54, 1.807) is 6.92 Å². The molecule has 0 saturated carbocycles. The molecule has 114 valence electrons.